The Balaban J connectivity index is 1.54. The molecule has 2 aromatic carbocycles. The lowest BCUT2D eigenvalue weighted by Crippen LogP contribution is -2.24. The largest absolute Gasteiger partial charge is 0.416 e. The molecule has 5 rings (SSSR count). The number of anilines is 1. The van der Waals surface area contributed by atoms with Crippen LogP contribution < -0.4 is 4.90 Å². The van der Waals surface area contributed by atoms with E-state index in [4.69, 9.17) is 4.74 Å². The van der Waals surface area contributed by atoms with Crippen LogP contribution in [0.1, 0.15) is 50.8 Å². The number of rotatable bonds is 4. The van der Waals surface area contributed by atoms with Crippen LogP contribution >= 0.6 is 0 Å². The summed E-state index contributed by atoms with van der Waals surface area (Å²) in [6.45, 7) is 2.71. The van der Waals surface area contributed by atoms with Gasteiger partial charge in [0.2, 0.25) is 0 Å². The number of carbonyl (C=O) groups is 1. The summed E-state index contributed by atoms with van der Waals surface area (Å²) in [5.41, 5.74) is 1.29. The van der Waals surface area contributed by atoms with Gasteiger partial charge in [0.15, 0.2) is 0 Å². The first kappa shape index (κ1) is 21.6. The van der Waals surface area contributed by atoms with Gasteiger partial charge in [0.05, 0.1) is 18.7 Å². The summed E-state index contributed by atoms with van der Waals surface area (Å²) in [4.78, 5) is 14.6. The predicted molar refractivity (Wildman–Crippen MR) is 115 cm³/mol. The number of halogens is 3. The van der Waals surface area contributed by atoms with E-state index in [9.17, 15) is 18.0 Å². The molecule has 1 amide bonds. The Bertz CT molecular complexity index is 1210. The lowest BCUT2D eigenvalue weighted by atomic mass is 9.84. The lowest BCUT2D eigenvalue weighted by molar-refractivity contribution is -0.138. The van der Waals surface area contributed by atoms with Crippen molar-refractivity contribution in [1.82, 2.24) is 14.8 Å². The molecule has 0 spiro atoms. The summed E-state index contributed by atoms with van der Waals surface area (Å²) in [5.74, 6) is 0.451. The molecule has 0 bridgehead atoms. The zero-order valence-electron chi connectivity index (χ0n) is 18.3. The molecular weight excluding hydrogens is 433 g/mol. The van der Waals surface area contributed by atoms with Crippen molar-refractivity contribution in [2.45, 2.75) is 32.0 Å². The normalized spacial score (nSPS) is 19.2. The maximum absolute atomic E-state index is 13.7. The smallest absolute Gasteiger partial charge is 0.381 e. The van der Waals surface area contributed by atoms with E-state index in [2.05, 4.69) is 10.2 Å². The van der Waals surface area contributed by atoms with Gasteiger partial charge in [-0.3, -0.25) is 4.79 Å². The topological polar surface area (TPSA) is 60.3 Å². The molecule has 1 fully saturated rings. The Morgan fingerprint density at radius 3 is 2.70 bits per heavy atom. The summed E-state index contributed by atoms with van der Waals surface area (Å²) in [6.07, 6.45) is -2.01. The lowest BCUT2D eigenvalue weighted by Gasteiger charge is -2.24. The molecule has 2 unspecified atom stereocenters. The number of ether oxygens (including phenoxy) is 1. The number of aryl methyl sites for hydroxylation is 2. The molecule has 1 saturated heterocycles. The molecule has 6 nitrogen and oxygen atoms in total. The molecule has 172 valence electrons. The molecular formula is C24H23F3N4O2. The number of alkyl halides is 3. The molecule has 33 heavy (non-hydrogen) atoms. The van der Waals surface area contributed by atoms with Crippen molar-refractivity contribution in [3.8, 4) is 0 Å². The van der Waals surface area contributed by atoms with Crippen LogP contribution in [0.15, 0.2) is 42.7 Å². The van der Waals surface area contributed by atoms with Gasteiger partial charge in [-0.15, -0.1) is 10.2 Å². The molecule has 3 heterocycles. The zero-order chi connectivity index (χ0) is 23.3. The van der Waals surface area contributed by atoms with Gasteiger partial charge in [-0.05, 0) is 60.2 Å². The molecule has 0 saturated carbocycles. The van der Waals surface area contributed by atoms with Crippen LogP contribution in [0, 0.1) is 12.8 Å². The van der Waals surface area contributed by atoms with Crippen LogP contribution in [0.2, 0.25) is 0 Å². The summed E-state index contributed by atoms with van der Waals surface area (Å²) in [5, 5.41) is 8.33. The summed E-state index contributed by atoms with van der Waals surface area (Å²) >= 11 is 0. The fourth-order valence-corrected chi connectivity index (χ4v) is 4.92. The Morgan fingerprint density at radius 2 is 2.03 bits per heavy atom. The second kappa shape index (κ2) is 7.98. The van der Waals surface area contributed by atoms with Gasteiger partial charge < -0.3 is 14.2 Å². The van der Waals surface area contributed by atoms with E-state index in [0.717, 1.165) is 23.9 Å². The summed E-state index contributed by atoms with van der Waals surface area (Å²) in [6, 6.07) is 10.1. The first-order chi connectivity index (χ1) is 15.7. The third-order valence-corrected chi connectivity index (χ3v) is 6.49. The van der Waals surface area contributed by atoms with Crippen molar-refractivity contribution in [2.24, 2.45) is 13.0 Å². The highest BCUT2D eigenvalue weighted by atomic mass is 19.4. The summed E-state index contributed by atoms with van der Waals surface area (Å²) < 4.78 is 48.5. The van der Waals surface area contributed by atoms with E-state index in [0.29, 0.717) is 24.5 Å². The first-order valence-electron chi connectivity index (χ1n) is 10.8. The number of nitrogens with zero attached hydrogens (tertiary/aromatic N) is 4. The number of carbonyl (C=O) groups excluding carboxylic acids is 1. The summed E-state index contributed by atoms with van der Waals surface area (Å²) in [7, 11) is 1.88. The highest BCUT2D eigenvalue weighted by molar-refractivity contribution is 6.10. The second-order valence-corrected chi connectivity index (χ2v) is 8.72. The molecule has 9 heteroatoms. The Kier molecular flexibility index (Phi) is 5.23. The zero-order valence-corrected chi connectivity index (χ0v) is 18.3. The van der Waals surface area contributed by atoms with Crippen LogP contribution in [0.4, 0.5) is 18.9 Å². The van der Waals surface area contributed by atoms with E-state index in [1.165, 1.54) is 11.0 Å². The van der Waals surface area contributed by atoms with Crippen molar-refractivity contribution in [3.05, 3.63) is 76.4 Å². The molecule has 2 aliphatic rings. The molecule has 0 radical (unpaired) electrons. The third kappa shape index (κ3) is 3.80. The van der Waals surface area contributed by atoms with Crippen molar-refractivity contribution < 1.29 is 22.7 Å². The number of amides is 1. The monoisotopic (exact) mass is 456 g/mol. The fourth-order valence-electron chi connectivity index (χ4n) is 4.92. The van der Waals surface area contributed by atoms with Crippen LogP contribution in [-0.4, -0.2) is 33.9 Å². The SMILES string of the molecule is Cc1cc2c(c(C(F)(F)F)c1)CN(c1cccc(C(c3nncn3C)C3CCOC3)c1)C2=O. The van der Waals surface area contributed by atoms with E-state index >= 15 is 0 Å². The van der Waals surface area contributed by atoms with Crippen LogP contribution in [0.3, 0.4) is 0 Å². The highest BCUT2D eigenvalue weighted by Gasteiger charge is 2.40. The third-order valence-electron chi connectivity index (χ3n) is 6.49. The van der Waals surface area contributed by atoms with Gasteiger partial charge in [0.25, 0.3) is 5.91 Å². The molecule has 1 aromatic heterocycles. The maximum Gasteiger partial charge on any atom is 0.416 e. The maximum atomic E-state index is 13.7. The van der Waals surface area contributed by atoms with Gasteiger partial charge in [-0.25, -0.2) is 0 Å². The number of fused-ring (bicyclic) bond motifs is 1. The van der Waals surface area contributed by atoms with Crippen LogP contribution in [0.25, 0.3) is 0 Å². The van der Waals surface area contributed by atoms with Gasteiger partial charge >= 0.3 is 6.18 Å². The number of hydrogen-bond acceptors (Lipinski definition) is 4. The Morgan fingerprint density at radius 1 is 1.21 bits per heavy atom. The quantitative estimate of drug-likeness (QED) is 0.581. The van der Waals surface area contributed by atoms with E-state index in [1.54, 1.807) is 19.3 Å². The number of hydrogen-bond donors (Lipinski definition) is 0. The van der Waals surface area contributed by atoms with Crippen molar-refractivity contribution in [3.63, 3.8) is 0 Å². The number of aromatic nitrogens is 3. The Hall–Kier alpha value is -3.20. The minimum Gasteiger partial charge on any atom is -0.381 e. The average Bonchev–Trinajstić information content (AvgIpc) is 3.50. The van der Waals surface area contributed by atoms with Crippen LogP contribution in [-0.2, 0) is 24.5 Å². The minimum absolute atomic E-state index is 0.0255. The highest BCUT2D eigenvalue weighted by Crippen LogP contribution is 2.41. The van der Waals surface area contributed by atoms with E-state index in [-0.39, 0.29) is 29.5 Å². The fraction of sp³-hybridized carbons (Fsp3) is 0.375. The van der Waals surface area contributed by atoms with Crippen molar-refractivity contribution >= 4 is 11.6 Å². The van der Waals surface area contributed by atoms with E-state index in [1.807, 2.05) is 29.8 Å². The molecule has 2 aliphatic heterocycles. The van der Waals surface area contributed by atoms with Crippen molar-refractivity contribution in [1.29, 1.82) is 0 Å². The molecule has 2 atom stereocenters. The van der Waals surface area contributed by atoms with E-state index < -0.39 is 17.6 Å². The molecule has 0 N–H and O–H groups in total. The van der Waals surface area contributed by atoms with Gasteiger partial charge in [0.1, 0.15) is 12.2 Å². The van der Waals surface area contributed by atoms with Gasteiger partial charge in [-0.2, -0.15) is 13.2 Å². The van der Waals surface area contributed by atoms with Gasteiger partial charge in [-0.1, -0.05) is 12.1 Å². The second-order valence-electron chi connectivity index (χ2n) is 8.72. The predicted octanol–water partition coefficient (Wildman–Crippen LogP) is 4.47. The first-order valence-corrected chi connectivity index (χ1v) is 10.8. The molecule has 3 aromatic rings. The standard InChI is InChI=1S/C24H23F3N4O2/c1-14-8-18-19(20(9-14)24(25,26)27)11-31(23(18)32)17-5-3-4-15(10-17)21(16-6-7-33-12-16)22-29-28-13-30(22)2/h3-5,8-10,13,16,21H,6-7,11-12H2,1-2H3. The average molecular weight is 456 g/mol. The van der Waals surface area contributed by atoms with Gasteiger partial charge in [0, 0.05) is 30.8 Å². The molecule has 0 aliphatic carbocycles. The number of benzene rings is 2. The minimum atomic E-state index is -4.52. The Labute approximate surface area is 189 Å². The van der Waals surface area contributed by atoms with Crippen molar-refractivity contribution in [2.75, 3.05) is 18.1 Å². The van der Waals surface area contributed by atoms with Crippen LogP contribution in [0.5, 0.6) is 0 Å².